The highest BCUT2D eigenvalue weighted by atomic mass is 16.4. The Labute approximate surface area is 174 Å². The molecule has 1 saturated heterocycles. The number of aliphatic carboxylic acids is 1. The number of carbonyl (C=O) groups excluding carboxylic acids is 3. The topological polar surface area (TPSA) is 221 Å². The van der Waals surface area contributed by atoms with E-state index in [-0.39, 0.29) is 30.9 Å². The molecule has 1 aliphatic rings. The summed E-state index contributed by atoms with van der Waals surface area (Å²) in [7, 11) is 0. The number of aliphatic imine (C=N–C) groups is 1. The molecular weight excluding hydrogens is 398 g/mol. The van der Waals surface area contributed by atoms with Gasteiger partial charge in [-0.25, -0.2) is 4.79 Å². The first-order chi connectivity index (χ1) is 14.1. The molecular formula is C17H31N7O6. The third-order valence-electron chi connectivity index (χ3n) is 4.50. The van der Waals surface area contributed by atoms with Crippen LogP contribution in [0.4, 0.5) is 0 Å². The number of carboxylic acid groups (broad SMARTS) is 1. The van der Waals surface area contributed by atoms with E-state index in [9.17, 15) is 19.2 Å². The molecule has 170 valence electrons. The molecule has 0 saturated carbocycles. The minimum Gasteiger partial charge on any atom is -0.480 e. The predicted octanol–water partition coefficient (Wildman–Crippen LogP) is -3.66. The molecule has 0 aromatic heterocycles. The Bertz CT molecular complexity index is 647. The van der Waals surface area contributed by atoms with E-state index in [0.29, 0.717) is 12.8 Å². The fourth-order valence-corrected chi connectivity index (χ4v) is 2.81. The molecule has 0 radical (unpaired) electrons. The van der Waals surface area contributed by atoms with Gasteiger partial charge in [0.2, 0.25) is 17.7 Å². The van der Waals surface area contributed by atoms with Crippen molar-refractivity contribution in [3.8, 4) is 0 Å². The van der Waals surface area contributed by atoms with Crippen molar-refractivity contribution in [2.75, 3.05) is 19.7 Å². The fourth-order valence-electron chi connectivity index (χ4n) is 2.81. The summed E-state index contributed by atoms with van der Waals surface area (Å²) in [6, 6.07) is -3.90. The number of rotatable bonds is 12. The zero-order valence-electron chi connectivity index (χ0n) is 16.9. The van der Waals surface area contributed by atoms with Crippen LogP contribution in [0, 0.1) is 0 Å². The monoisotopic (exact) mass is 429 g/mol. The summed E-state index contributed by atoms with van der Waals surface area (Å²) in [5.41, 5.74) is 10.5. The molecule has 1 heterocycles. The molecule has 10 N–H and O–H groups in total. The normalized spacial score (nSPS) is 18.5. The SMILES string of the molecule is CC(NC(=O)C1CCCN1)C(=O)NC(CCCN=C(N)N)C(=O)NC(CO)C(=O)O. The van der Waals surface area contributed by atoms with E-state index in [2.05, 4.69) is 26.3 Å². The van der Waals surface area contributed by atoms with Crippen molar-refractivity contribution in [2.45, 2.75) is 56.8 Å². The highest BCUT2D eigenvalue weighted by Crippen LogP contribution is 2.05. The van der Waals surface area contributed by atoms with Crippen LogP contribution in [0.3, 0.4) is 0 Å². The Kier molecular flexibility index (Phi) is 10.5. The van der Waals surface area contributed by atoms with Gasteiger partial charge in [0, 0.05) is 6.54 Å². The van der Waals surface area contributed by atoms with Gasteiger partial charge < -0.3 is 42.9 Å². The van der Waals surface area contributed by atoms with E-state index in [1.165, 1.54) is 6.92 Å². The van der Waals surface area contributed by atoms with Gasteiger partial charge in [0.05, 0.1) is 12.6 Å². The molecule has 1 fully saturated rings. The third-order valence-corrected chi connectivity index (χ3v) is 4.50. The van der Waals surface area contributed by atoms with E-state index < -0.39 is 42.5 Å². The van der Waals surface area contributed by atoms with Crippen molar-refractivity contribution in [2.24, 2.45) is 16.5 Å². The number of carboxylic acids is 1. The molecule has 0 aromatic carbocycles. The van der Waals surface area contributed by atoms with Gasteiger partial charge in [-0.05, 0) is 39.2 Å². The summed E-state index contributed by atoms with van der Waals surface area (Å²) in [5.74, 6) is -3.25. The van der Waals surface area contributed by atoms with Crippen molar-refractivity contribution >= 4 is 29.7 Å². The molecule has 0 spiro atoms. The summed E-state index contributed by atoms with van der Waals surface area (Å²) < 4.78 is 0. The summed E-state index contributed by atoms with van der Waals surface area (Å²) >= 11 is 0. The van der Waals surface area contributed by atoms with E-state index in [4.69, 9.17) is 21.7 Å². The Morgan fingerprint density at radius 2 is 1.80 bits per heavy atom. The molecule has 3 amide bonds. The first-order valence-electron chi connectivity index (χ1n) is 9.69. The van der Waals surface area contributed by atoms with Crippen molar-refractivity contribution in [1.29, 1.82) is 0 Å². The number of amides is 3. The number of aliphatic hydroxyl groups excluding tert-OH is 1. The lowest BCUT2D eigenvalue weighted by Gasteiger charge is -2.23. The summed E-state index contributed by atoms with van der Waals surface area (Å²) in [5, 5.41) is 28.3. The molecule has 4 unspecified atom stereocenters. The van der Waals surface area contributed by atoms with Crippen LogP contribution in [0.1, 0.15) is 32.6 Å². The molecule has 13 nitrogen and oxygen atoms in total. The maximum absolute atomic E-state index is 12.5. The Morgan fingerprint density at radius 3 is 2.33 bits per heavy atom. The number of hydrogen-bond acceptors (Lipinski definition) is 7. The third kappa shape index (κ3) is 8.61. The molecule has 13 heteroatoms. The highest BCUT2D eigenvalue weighted by Gasteiger charge is 2.29. The quantitative estimate of drug-likeness (QED) is 0.0868. The van der Waals surface area contributed by atoms with Crippen molar-refractivity contribution in [3.05, 3.63) is 0 Å². The molecule has 0 bridgehead atoms. The molecule has 1 rings (SSSR count). The first kappa shape index (κ1) is 25.1. The summed E-state index contributed by atoms with van der Waals surface area (Å²) in [4.78, 5) is 51.9. The van der Waals surface area contributed by atoms with E-state index >= 15 is 0 Å². The van der Waals surface area contributed by atoms with Gasteiger partial charge in [0.15, 0.2) is 5.96 Å². The average molecular weight is 429 g/mol. The maximum atomic E-state index is 12.5. The first-order valence-corrected chi connectivity index (χ1v) is 9.69. The van der Waals surface area contributed by atoms with Gasteiger partial charge in [-0.1, -0.05) is 0 Å². The second-order valence-electron chi connectivity index (χ2n) is 6.97. The zero-order valence-corrected chi connectivity index (χ0v) is 16.9. The second-order valence-corrected chi connectivity index (χ2v) is 6.97. The minimum atomic E-state index is -1.51. The van der Waals surface area contributed by atoms with Crippen LogP contribution in [-0.2, 0) is 19.2 Å². The van der Waals surface area contributed by atoms with E-state index in [1.54, 1.807) is 0 Å². The largest absolute Gasteiger partial charge is 0.480 e. The van der Waals surface area contributed by atoms with Crippen LogP contribution in [0.25, 0.3) is 0 Å². The minimum absolute atomic E-state index is 0.108. The number of hydrogen-bond donors (Lipinski definition) is 8. The fraction of sp³-hybridized carbons (Fsp3) is 0.706. The number of nitrogens with one attached hydrogen (secondary N) is 4. The van der Waals surface area contributed by atoms with Gasteiger partial charge in [-0.3, -0.25) is 19.4 Å². The summed E-state index contributed by atoms with van der Waals surface area (Å²) in [6.07, 6.45) is 1.97. The van der Waals surface area contributed by atoms with Gasteiger partial charge in [0.1, 0.15) is 18.1 Å². The standard InChI is InChI=1S/C17H31N7O6/c1-9(22-14(27)10-4-2-6-20-10)13(26)23-11(5-3-7-21-17(18)19)15(28)24-12(8-25)16(29)30/h9-12,20,25H,2-8H2,1H3,(H,22,27)(H,23,26)(H,24,28)(H,29,30)(H4,18,19,21). The van der Waals surface area contributed by atoms with Gasteiger partial charge >= 0.3 is 5.97 Å². The van der Waals surface area contributed by atoms with Crippen LogP contribution < -0.4 is 32.7 Å². The lowest BCUT2D eigenvalue weighted by atomic mass is 10.1. The molecule has 0 aliphatic carbocycles. The second kappa shape index (κ2) is 12.6. The van der Waals surface area contributed by atoms with E-state index in [1.807, 2.05) is 0 Å². The molecule has 1 aliphatic heterocycles. The Morgan fingerprint density at radius 1 is 1.13 bits per heavy atom. The number of nitrogens with two attached hydrogens (primary N) is 2. The van der Waals surface area contributed by atoms with Crippen molar-refractivity contribution < 1.29 is 29.4 Å². The summed E-state index contributed by atoms with van der Waals surface area (Å²) in [6.45, 7) is 1.59. The average Bonchev–Trinajstić information content (AvgIpc) is 3.22. The molecule has 0 aromatic rings. The lowest BCUT2D eigenvalue weighted by Crippen LogP contribution is -2.56. The smallest absolute Gasteiger partial charge is 0.328 e. The predicted molar refractivity (Wildman–Crippen MR) is 107 cm³/mol. The van der Waals surface area contributed by atoms with Crippen LogP contribution in [0.5, 0.6) is 0 Å². The number of aliphatic hydroxyl groups is 1. The number of carbonyl (C=O) groups is 4. The van der Waals surface area contributed by atoms with Crippen LogP contribution in [0.2, 0.25) is 0 Å². The lowest BCUT2D eigenvalue weighted by molar-refractivity contribution is -0.143. The zero-order chi connectivity index (χ0) is 22.7. The van der Waals surface area contributed by atoms with Crippen molar-refractivity contribution in [1.82, 2.24) is 21.3 Å². The van der Waals surface area contributed by atoms with Gasteiger partial charge in [-0.2, -0.15) is 0 Å². The van der Waals surface area contributed by atoms with Crippen LogP contribution in [0.15, 0.2) is 4.99 Å². The number of guanidine groups is 1. The molecule has 4 atom stereocenters. The van der Waals surface area contributed by atoms with E-state index in [0.717, 1.165) is 13.0 Å². The molecule has 30 heavy (non-hydrogen) atoms. The Balaban J connectivity index is 2.72. The van der Waals surface area contributed by atoms with Crippen LogP contribution >= 0.6 is 0 Å². The van der Waals surface area contributed by atoms with Crippen LogP contribution in [-0.4, -0.2) is 83.7 Å². The van der Waals surface area contributed by atoms with Gasteiger partial charge in [0.25, 0.3) is 0 Å². The number of nitrogens with zero attached hydrogens (tertiary/aromatic N) is 1. The van der Waals surface area contributed by atoms with Crippen molar-refractivity contribution in [3.63, 3.8) is 0 Å². The maximum Gasteiger partial charge on any atom is 0.328 e. The highest BCUT2D eigenvalue weighted by molar-refractivity contribution is 5.94. The van der Waals surface area contributed by atoms with Gasteiger partial charge in [-0.15, -0.1) is 0 Å². The Hall–Kier alpha value is -2.93.